The topological polar surface area (TPSA) is 106 Å². The monoisotopic (exact) mass is 483 g/mol. The highest BCUT2D eigenvalue weighted by Gasteiger charge is 2.35. The summed E-state index contributed by atoms with van der Waals surface area (Å²) in [5, 5.41) is 0. The third-order valence-corrected chi connectivity index (χ3v) is 9.79. The Morgan fingerprint density at radius 2 is 2.06 bits per heavy atom. The molecule has 0 atom stereocenters. The molecule has 31 heavy (non-hydrogen) atoms. The summed E-state index contributed by atoms with van der Waals surface area (Å²) in [5.74, 6) is -0.467. The van der Waals surface area contributed by atoms with Crippen molar-refractivity contribution in [2.45, 2.75) is 49.3 Å². The van der Waals surface area contributed by atoms with Crippen molar-refractivity contribution in [3.05, 3.63) is 32.6 Å². The lowest BCUT2D eigenvalue weighted by atomic mass is 9.90. The lowest BCUT2D eigenvalue weighted by Gasteiger charge is -2.26. The van der Waals surface area contributed by atoms with Crippen LogP contribution in [0.2, 0.25) is 0 Å². The fraction of sp³-hybridized carbons (Fsp3) is 0.550. The number of sulfonamides is 1. The molecule has 0 radical (unpaired) electrons. The molecule has 1 N–H and O–H groups in total. The van der Waals surface area contributed by atoms with Gasteiger partial charge in [-0.1, -0.05) is 19.3 Å². The molecule has 0 spiro atoms. The molecule has 1 fully saturated rings. The summed E-state index contributed by atoms with van der Waals surface area (Å²) in [7, 11) is -2.61. The summed E-state index contributed by atoms with van der Waals surface area (Å²) in [6, 6.07) is 0. The van der Waals surface area contributed by atoms with Crippen molar-refractivity contribution in [2.24, 2.45) is 5.92 Å². The number of methoxy groups -OCH3 is 1. The highest BCUT2D eigenvalue weighted by molar-refractivity contribution is 7.91. The van der Waals surface area contributed by atoms with E-state index in [1.807, 2.05) is 0 Å². The highest BCUT2D eigenvalue weighted by Crippen LogP contribution is 2.37. The van der Waals surface area contributed by atoms with E-state index in [2.05, 4.69) is 9.71 Å². The van der Waals surface area contributed by atoms with Crippen LogP contribution in [0.15, 0.2) is 15.9 Å². The first-order chi connectivity index (χ1) is 14.9. The molecule has 1 saturated carbocycles. The Morgan fingerprint density at radius 3 is 2.74 bits per heavy atom. The number of hydrogen-bond donors (Lipinski definition) is 1. The zero-order chi connectivity index (χ0) is 22.0. The largest absolute Gasteiger partial charge is 0.465 e. The minimum absolute atomic E-state index is 0.00718. The molecule has 0 bridgehead atoms. The number of rotatable bonds is 6. The molecule has 0 aromatic carbocycles. The maximum atomic E-state index is 13.1. The summed E-state index contributed by atoms with van der Waals surface area (Å²) < 4.78 is 33.9. The fourth-order valence-corrected chi connectivity index (χ4v) is 7.86. The molecule has 3 heterocycles. The van der Waals surface area contributed by atoms with Crippen LogP contribution < -0.4 is 4.72 Å². The molecule has 1 aliphatic heterocycles. The Morgan fingerprint density at radius 1 is 1.29 bits per heavy atom. The van der Waals surface area contributed by atoms with Crippen LogP contribution in [0.25, 0.3) is 0 Å². The van der Waals surface area contributed by atoms with Crippen LogP contribution >= 0.6 is 22.7 Å². The quantitative estimate of drug-likeness (QED) is 0.633. The van der Waals surface area contributed by atoms with Crippen LogP contribution in [-0.2, 0) is 27.7 Å². The van der Waals surface area contributed by atoms with E-state index < -0.39 is 16.0 Å². The number of nitrogens with one attached hydrogen (secondary N) is 1. The molecular formula is C20H25N3O5S3. The predicted molar refractivity (Wildman–Crippen MR) is 118 cm³/mol. The number of carbonyl (C=O) groups is 2. The number of hydrogen-bond acceptors (Lipinski definition) is 8. The van der Waals surface area contributed by atoms with Crippen molar-refractivity contribution in [3.8, 4) is 0 Å². The van der Waals surface area contributed by atoms with Gasteiger partial charge in [-0.2, -0.15) is 0 Å². The van der Waals surface area contributed by atoms with E-state index in [4.69, 9.17) is 4.74 Å². The second kappa shape index (κ2) is 9.35. The fourth-order valence-electron chi connectivity index (χ4n) is 4.21. The van der Waals surface area contributed by atoms with Gasteiger partial charge in [0, 0.05) is 18.0 Å². The highest BCUT2D eigenvalue weighted by atomic mass is 32.2. The lowest BCUT2D eigenvalue weighted by molar-refractivity contribution is 0.0595. The summed E-state index contributed by atoms with van der Waals surface area (Å²) >= 11 is 2.33. The lowest BCUT2D eigenvalue weighted by Crippen LogP contribution is -2.35. The minimum atomic E-state index is -3.86. The van der Waals surface area contributed by atoms with E-state index in [0.29, 0.717) is 40.7 Å². The molecule has 2 aromatic heterocycles. The van der Waals surface area contributed by atoms with Gasteiger partial charge in [-0.25, -0.2) is 17.9 Å². The van der Waals surface area contributed by atoms with Gasteiger partial charge in [0.2, 0.25) is 0 Å². The number of thiazole rings is 1. The molecule has 8 nitrogen and oxygen atoms in total. The van der Waals surface area contributed by atoms with Gasteiger partial charge in [0.15, 0.2) is 0 Å². The third kappa shape index (κ3) is 4.69. The Labute approximate surface area is 189 Å². The SMILES string of the molecule is COC(=O)c1c(S(=O)(=O)NCC2CCCCC2)sc2c1CCN(C(=O)c1cncs1)C2. The van der Waals surface area contributed by atoms with Gasteiger partial charge in [0.25, 0.3) is 15.9 Å². The number of nitrogens with zero attached hydrogens (tertiary/aromatic N) is 2. The number of fused-ring (bicyclic) bond motifs is 1. The van der Waals surface area contributed by atoms with Gasteiger partial charge in [-0.15, -0.1) is 22.7 Å². The maximum absolute atomic E-state index is 13.1. The first-order valence-electron chi connectivity index (χ1n) is 10.3. The molecule has 2 aromatic rings. The van der Waals surface area contributed by atoms with E-state index in [9.17, 15) is 18.0 Å². The van der Waals surface area contributed by atoms with Crippen LogP contribution in [0, 0.1) is 5.92 Å². The summed E-state index contributed by atoms with van der Waals surface area (Å²) in [6.07, 6.45) is 7.41. The summed E-state index contributed by atoms with van der Waals surface area (Å²) in [4.78, 5) is 32.1. The minimum Gasteiger partial charge on any atom is -0.465 e. The average molecular weight is 484 g/mol. The maximum Gasteiger partial charge on any atom is 0.340 e. The Hall–Kier alpha value is -1.82. The van der Waals surface area contributed by atoms with E-state index in [1.54, 1.807) is 10.4 Å². The van der Waals surface area contributed by atoms with Gasteiger partial charge in [0.05, 0.1) is 30.9 Å². The Bertz CT molecular complexity index is 1060. The average Bonchev–Trinajstić information content (AvgIpc) is 3.45. The van der Waals surface area contributed by atoms with Crippen LogP contribution in [0.1, 0.15) is 62.6 Å². The molecule has 11 heteroatoms. The zero-order valence-corrected chi connectivity index (χ0v) is 19.7. The first kappa shape index (κ1) is 22.4. The smallest absolute Gasteiger partial charge is 0.340 e. The summed E-state index contributed by atoms with van der Waals surface area (Å²) in [5.41, 5.74) is 2.39. The van der Waals surface area contributed by atoms with Crippen LogP contribution in [0.3, 0.4) is 0 Å². The van der Waals surface area contributed by atoms with E-state index in [0.717, 1.165) is 37.0 Å². The Balaban J connectivity index is 1.60. The third-order valence-electron chi connectivity index (χ3n) is 5.88. The number of aromatic nitrogens is 1. The van der Waals surface area contributed by atoms with E-state index in [-0.39, 0.29) is 22.2 Å². The first-order valence-corrected chi connectivity index (χ1v) is 13.5. The number of carbonyl (C=O) groups excluding carboxylic acids is 2. The molecule has 1 amide bonds. The van der Waals surface area contributed by atoms with Crippen molar-refractivity contribution in [1.82, 2.24) is 14.6 Å². The van der Waals surface area contributed by atoms with Gasteiger partial charge in [-0.3, -0.25) is 9.78 Å². The zero-order valence-electron chi connectivity index (χ0n) is 17.3. The molecule has 168 valence electrons. The molecule has 4 rings (SSSR count). The molecule has 0 saturated heterocycles. The van der Waals surface area contributed by atoms with Crippen LogP contribution in [0.4, 0.5) is 0 Å². The number of esters is 1. The normalized spacial score (nSPS) is 17.4. The second-order valence-electron chi connectivity index (χ2n) is 7.86. The molecule has 2 aliphatic rings. The van der Waals surface area contributed by atoms with Crippen molar-refractivity contribution in [2.75, 3.05) is 20.2 Å². The van der Waals surface area contributed by atoms with Crippen molar-refractivity contribution in [3.63, 3.8) is 0 Å². The summed E-state index contributed by atoms with van der Waals surface area (Å²) in [6.45, 7) is 1.04. The standard InChI is InChI=1S/C20H25N3O5S3/c1-28-19(25)17-14-7-8-23(18(24)15-10-21-12-29-15)11-16(14)30-20(17)31(26,27)22-9-13-5-3-2-4-6-13/h10,12-13,22H,2-9,11H2,1H3. The molecule has 1 aliphatic carbocycles. The molecule has 0 unspecified atom stereocenters. The van der Waals surface area contributed by atoms with Crippen molar-refractivity contribution < 1.29 is 22.7 Å². The number of amides is 1. The van der Waals surface area contributed by atoms with Gasteiger partial charge in [-0.05, 0) is 30.7 Å². The Kier molecular flexibility index (Phi) is 6.75. The van der Waals surface area contributed by atoms with Crippen molar-refractivity contribution in [1.29, 1.82) is 0 Å². The van der Waals surface area contributed by atoms with Gasteiger partial charge in [0.1, 0.15) is 9.09 Å². The van der Waals surface area contributed by atoms with Crippen LogP contribution in [-0.4, -0.2) is 50.4 Å². The number of ether oxygens (including phenoxy) is 1. The van der Waals surface area contributed by atoms with Gasteiger partial charge >= 0.3 is 5.97 Å². The van der Waals surface area contributed by atoms with Crippen molar-refractivity contribution >= 4 is 44.6 Å². The van der Waals surface area contributed by atoms with Gasteiger partial charge < -0.3 is 9.64 Å². The second-order valence-corrected chi connectivity index (χ2v) is 11.8. The van der Waals surface area contributed by atoms with Crippen LogP contribution in [0.5, 0.6) is 0 Å². The predicted octanol–water partition coefficient (Wildman–Crippen LogP) is 3.05. The molecular weight excluding hydrogens is 458 g/mol. The number of thiophene rings is 1. The van der Waals surface area contributed by atoms with E-state index in [1.165, 1.54) is 31.1 Å². The van der Waals surface area contributed by atoms with E-state index >= 15 is 0 Å².